The molecule has 4 heteroatoms. The van der Waals surface area contributed by atoms with Crippen molar-refractivity contribution >= 4 is 17.6 Å². The predicted molar refractivity (Wildman–Crippen MR) is 75.9 cm³/mol. The summed E-state index contributed by atoms with van der Waals surface area (Å²) < 4.78 is 0. The van der Waals surface area contributed by atoms with Crippen LogP contribution in [-0.2, 0) is 0 Å². The fourth-order valence-corrected chi connectivity index (χ4v) is 1.87. The third-order valence-corrected chi connectivity index (χ3v) is 3.19. The highest BCUT2D eigenvalue weighted by atomic mass is 35.5. The SMILES string of the molecule is CC[C@H](C)NC(=O)N[C@H](CC)c1cccc(Cl)c1. The summed E-state index contributed by atoms with van der Waals surface area (Å²) in [5.74, 6) is 0. The molecule has 1 rings (SSSR count). The number of carbonyl (C=O) groups excluding carboxylic acids is 1. The molecule has 3 nitrogen and oxygen atoms in total. The van der Waals surface area contributed by atoms with Gasteiger partial charge < -0.3 is 10.6 Å². The van der Waals surface area contributed by atoms with Crippen LogP contribution < -0.4 is 10.6 Å². The summed E-state index contributed by atoms with van der Waals surface area (Å²) in [5.41, 5.74) is 1.03. The molecule has 18 heavy (non-hydrogen) atoms. The van der Waals surface area contributed by atoms with Gasteiger partial charge in [0.05, 0.1) is 6.04 Å². The highest BCUT2D eigenvalue weighted by Crippen LogP contribution is 2.20. The molecule has 0 heterocycles. The maximum atomic E-state index is 11.8. The van der Waals surface area contributed by atoms with Crippen molar-refractivity contribution in [1.29, 1.82) is 0 Å². The maximum absolute atomic E-state index is 11.8. The standard InChI is InChI=1S/C14H21ClN2O/c1-4-10(3)16-14(18)17-13(5-2)11-7-6-8-12(15)9-11/h6-10,13H,4-5H2,1-3H3,(H2,16,17,18)/t10-,13+/m0/s1. The molecule has 2 N–H and O–H groups in total. The lowest BCUT2D eigenvalue weighted by Crippen LogP contribution is -2.42. The number of nitrogens with one attached hydrogen (secondary N) is 2. The van der Waals surface area contributed by atoms with E-state index in [1.54, 1.807) is 0 Å². The van der Waals surface area contributed by atoms with E-state index >= 15 is 0 Å². The molecule has 0 saturated carbocycles. The van der Waals surface area contributed by atoms with Crippen LogP contribution in [0.1, 0.15) is 45.2 Å². The smallest absolute Gasteiger partial charge is 0.315 e. The van der Waals surface area contributed by atoms with E-state index in [4.69, 9.17) is 11.6 Å². The van der Waals surface area contributed by atoms with Crippen molar-refractivity contribution < 1.29 is 4.79 Å². The van der Waals surface area contributed by atoms with E-state index in [-0.39, 0.29) is 18.1 Å². The molecule has 0 spiro atoms. The average Bonchev–Trinajstić information content (AvgIpc) is 2.35. The second-order valence-corrected chi connectivity index (χ2v) is 4.88. The molecule has 2 amide bonds. The number of rotatable bonds is 5. The van der Waals surface area contributed by atoms with Crippen LogP contribution in [-0.4, -0.2) is 12.1 Å². The molecule has 0 aliphatic rings. The first kappa shape index (κ1) is 14.8. The molecule has 0 bridgehead atoms. The molecule has 1 aromatic carbocycles. The second kappa shape index (κ2) is 7.27. The number of hydrogen-bond donors (Lipinski definition) is 2. The monoisotopic (exact) mass is 268 g/mol. The first-order valence-corrected chi connectivity index (χ1v) is 6.77. The van der Waals surface area contributed by atoms with Crippen LogP contribution in [0.4, 0.5) is 4.79 Å². The van der Waals surface area contributed by atoms with Gasteiger partial charge in [-0.25, -0.2) is 4.79 Å². The van der Waals surface area contributed by atoms with Crippen LogP contribution in [0.15, 0.2) is 24.3 Å². The number of hydrogen-bond acceptors (Lipinski definition) is 1. The van der Waals surface area contributed by atoms with E-state index in [0.717, 1.165) is 18.4 Å². The Morgan fingerprint density at radius 2 is 2.00 bits per heavy atom. The zero-order chi connectivity index (χ0) is 13.5. The number of benzene rings is 1. The van der Waals surface area contributed by atoms with E-state index in [9.17, 15) is 4.79 Å². The lowest BCUT2D eigenvalue weighted by atomic mass is 10.1. The van der Waals surface area contributed by atoms with Gasteiger partial charge in [-0.2, -0.15) is 0 Å². The Kier molecular flexibility index (Phi) is 5.99. The van der Waals surface area contributed by atoms with E-state index in [1.807, 2.05) is 45.0 Å². The van der Waals surface area contributed by atoms with E-state index in [1.165, 1.54) is 0 Å². The van der Waals surface area contributed by atoms with Crippen LogP contribution in [0.25, 0.3) is 0 Å². The molecule has 0 saturated heterocycles. The Morgan fingerprint density at radius 3 is 2.56 bits per heavy atom. The maximum Gasteiger partial charge on any atom is 0.315 e. The Morgan fingerprint density at radius 1 is 1.28 bits per heavy atom. The third kappa shape index (κ3) is 4.57. The fraction of sp³-hybridized carbons (Fsp3) is 0.500. The summed E-state index contributed by atoms with van der Waals surface area (Å²) in [6, 6.07) is 7.64. The second-order valence-electron chi connectivity index (χ2n) is 4.44. The van der Waals surface area contributed by atoms with Gasteiger partial charge in [0.25, 0.3) is 0 Å². The summed E-state index contributed by atoms with van der Waals surface area (Å²) in [6.45, 7) is 6.06. The van der Waals surface area contributed by atoms with Gasteiger partial charge >= 0.3 is 6.03 Å². The van der Waals surface area contributed by atoms with Crippen molar-refractivity contribution in [3.8, 4) is 0 Å². The number of urea groups is 1. The van der Waals surface area contributed by atoms with Gasteiger partial charge in [-0.3, -0.25) is 0 Å². The molecule has 0 aliphatic carbocycles. The van der Waals surface area contributed by atoms with Crippen molar-refractivity contribution in [3.05, 3.63) is 34.9 Å². The number of carbonyl (C=O) groups is 1. The minimum Gasteiger partial charge on any atom is -0.336 e. The van der Waals surface area contributed by atoms with Crippen LogP contribution >= 0.6 is 11.6 Å². The Hall–Kier alpha value is -1.22. The highest BCUT2D eigenvalue weighted by Gasteiger charge is 2.13. The van der Waals surface area contributed by atoms with Crippen LogP contribution in [0.2, 0.25) is 5.02 Å². The van der Waals surface area contributed by atoms with Crippen molar-refractivity contribution in [2.45, 2.75) is 45.7 Å². The average molecular weight is 269 g/mol. The molecule has 0 unspecified atom stereocenters. The quantitative estimate of drug-likeness (QED) is 0.836. The minimum absolute atomic E-state index is 0.00671. The molecular formula is C14H21ClN2O. The normalized spacial score (nSPS) is 13.8. The largest absolute Gasteiger partial charge is 0.336 e. The first-order chi connectivity index (χ1) is 8.56. The van der Waals surface area contributed by atoms with Crippen LogP contribution in [0.5, 0.6) is 0 Å². The molecule has 0 radical (unpaired) electrons. The molecule has 0 fully saturated rings. The van der Waals surface area contributed by atoms with Crippen molar-refractivity contribution in [3.63, 3.8) is 0 Å². The van der Waals surface area contributed by atoms with Crippen LogP contribution in [0.3, 0.4) is 0 Å². The molecular weight excluding hydrogens is 248 g/mol. The predicted octanol–water partition coefficient (Wildman–Crippen LogP) is 3.89. The molecule has 100 valence electrons. The summed E-state index contributed by atoms with van der Waals surface area (Å²) >= 11 is 5.96. The van der Waals surface area contributed by atoms with Gasteiger partial charge in [0.1, 0.15) is 0 Å². The molecule has 1 aromatic rings. The lowest BCUT2D eigenvalue weighted by Gasteiger charge is -2.20. The van der Waals surface area contributed by atoms with Crippen molar-refractivity contribution in [1.82, 2.24) is 10.6 Å². The summed E-state index contributed by atoms with van der Waals surface area (Å²) in [7, 11) is 0. The van der Waals surface area contributed by atoms with Gasteiger partial charge in [0.2, 0.25) is 0 Å². The summed E-state index contributed by atoms with van der Waals surface area (Å²) in [6.07, 6.45) is 1.75. The van der Waals surface area contributed by atoms with E-state index in [0.29, 0.717) is 5.02 Å². The summed E-state index contributed by atoms with van der Waals surface area (Å²) in [5, 5.41) is 6.55. The first-order valence-electron chi connectivity index (χ1n) is 6.39. The summed E-state index contributed by atoms with van der Waals surface area (Å²) in [4.78, 5) is 11.8. The van der Waals surface area contributed by atoms with Gasteiger partial charge in [-0.15, -0.1) is 0 Å². The van der Waals surface area contributed by atoms with Crippen LogP contribution in [0, 0.1) is 0 Å². The van der Waals surface area contributed by atoms with Gasteiger partial charge in [-0.1, -0.05) is 37.6 Å². The van der Waals surface area contributed by atoms with Crippen molar-refractivity contribution in [2.24, 2.45) is 0 Å². The number of halogens is 1. The number of amides is 2. The van der Waals surface area contributed by atoms with Gasteiger partial charge in [0, 0.05) is 11.1 Å². The molecule has 2 atom stereocenters. The van der Waals surface area contributed by atoms with Crippen molar-refractivity contribution in [2.75, 3.05) is 0 Å². The topological polar surface area (TPSA) is 41.1 Å². The third-order valence-electron chi connectivity index (χ3n) is 2.95. The van der Waals surface area contributed by atoms with E-state index in [2.05, 4.69) is 10.6 Å². The lowest BCUT2D eigenvalue weighted by molar-refractivity contribution is 0.233. The molecule has 0 aliphatic heterocycles. The highest BCUT2D eigenvalue weighted by molar-refractivity contribution is 6.30. The zero-order valence-corrected chi connectivity index (χ0v) is 11.9. The van der Waals surface area contributed by atoms with Gasteiger partial charge in [0.15, 0.2) is 0 Å². The minimum atomic E-state index is -0.129. The zero-order valence-electron chi connectivity index (χ0n) is 11.2. The fourth-order valence-electron chi connectivity index (χ4n) is 1.67. The Labute approximate surface area is 114 Å². The van der Waals surface area contributed by atoms with E-state index < -0.39 is 0 Å². The Balaban J connectivity index is 2.65. The Bertz CT molecular complexity index is 395. The molecule has 0 aromatic heterocycles. The van der Waals surface area contributed by atoms with Gasteiger partial charge in [-0.05, 0) is 37.5 Å².